The van der Waals surface area contributed by atoms with Gasteiger partial charge in [0, 0.05) is 35.3 Å². The fourth-order valence-electron chi connectivity index (χ4n) is 6.24. The van der Waals surface area contributed by atoms with Crippen LogP contribution in [0.2, 0.25) is 0 Å². The third-order valence-corrected chi connectivity index (χ3v) is 8.95. The Labute approximate surface area is 309 Å². The van der Waals surface area contributed by atoms with Crippen LogP contribution in [0.15, 0.2) is 77.0 Å². The number of nitrogens with zero attached hydrogens (tertiary/aromatic N) is 6. The molecule has 1 aliphatic carbocycles. The molecule has 2 N–H and O–H groups in total. The minimum Gasteiger partial charge on any atom is -0.463 e. The Morgan fingerprint density at radius 1 is 0.906 bits per heavy atom. The summed E-state index contributed by atoms with van der Waals surface area (Å²) in [5, 5.41) is 28.5. The van der Waals surface area contributed by atoms with Gasteiger partial charge in [0.15, 0.2) is 0 Å². The van der Waals surface area contributed by atoms with Crippen LogP contribution in [0.5, 0.6) is 5.75 Å². The van der Waals surface area contributed by atoms with Gasteiger partial charge in [0.05, 0.1) is 30.5 Å². The third kappa shape index (κ3) is 16.0. The molecule has 2 aromatic rings. The lowest BCUT2D eigenvalue weighted by Gasteiger charge is -2.25. The topological polar surface area (TPSA) is 226 Å². The number of hydrogen-bond acceptors (Lipinski definition) is 11. The third-order valence-electron chi connectivity index (χ3n) is 8.95. The van der Waals surface area contributed by atoms with E-state index in [1.54, 1.807) is 0 Å². The summed E-state index contributed by atoms with van der Waals surface area (Å²) in [5.41, 5.74) is 18.4. The molecule has 0 bridgehead atoms. The van der Waals surface area contributed by atoms with Gasteiger partial charge in [-0.2, -0.15) is 0 Å². The van der Waals surface area contributed by atoms with Crippen molar-refractivity contribution in [3.05, 3.63) is 98.8 Å². The van der Waals surface area contributed by atoms with E-state index in [1.165, 1.54) is 24.3 Å². The first kappa shape index (κ1) is 42.3. The molecule has 3 rings (SSSR count). The van der Waals surface area contributed by atoms with Crippen LogP contribution in [0.25, 0.3) is 20.9 Å². The Balaban J connectivity index is 1.56. The van der Waals surface area contributed by atoms with Crippen molar-refractivity contribution in [3.8, 4) is 5.75 Å². The second-order valence-electron chi connectivity index (χ2n) is 13.3. The highest BCUT2D eigenvalue weighted by molar-refractivity contribution is 5.89. The lowest BCUT2D eigenvalue weighted by atomic mass is 9.85. The summed E-state index contributed by atoms with van der Waals surface area (Å²) in [6.07, 6.45) is 5.73. The predicted octanol–water partition coefficient (Wildman–Crippen LogP) is 7.80. The largest absolute Gasteiger partial charge is 0.514 e. The molecule has 2 aromatic carbocycles. The normalized spacial score (nSPS) is 19.1. The van der Waals surface area contributed by atoms with Gasteiger partial charge in [-0.25, -0.2) is 9.59 Å². The van der Waals surface area contributed by atoms with Crippen molar-refractivity contribution in [2.45, 2.75) is 96.1 Å². The van der Waals surface area contributed by atoms with Crippen LogP contribution < -0.4 is 4.74 Å². The first-order chi connectivity index (χ1) is 25.6. The van der Waals surface area contributed by atoms with Crippen molar-refractivity contribution in [2.75, 3.05) is 19.7 Å². The molecule has 15 heteroatoms. The maximum Gasteiger partial charge on any atom is 0.514 e. The van der Waals surface area contributed by atoms with Gasteiger partial charge in [-0.05, 0) is 118 Å². The maximum absolute atomic E-state index is 13.0. The minimum atomic E-state index is -0.916. The molecule has 0 amide bonds. The molecule has 1 aliphatic rings. The molecule has 53 heavy (non-hydrogen) atoms. The molecule has 5 atom stereocenters. The molecular formula is C38H50N6O9. The number of rotatable bonds is 22. The zero-order valence-corrected chi connectivity index (χ0v) is 30.3. The van der Waals surface area contributed by atoms with Gasteiger partial charge in [-0.3, -0.25) is 4.79 Å². The molecule has 15 nitrogen and oxygen atoms in total. The molecular weight excluding hydrogens is 684 g/mol. The highest BCUT2D eigenvalue weighted by Gasteiger charge is 2.41. The summed E-state index contributed by atoms with van der Waals surface area (Å²) >= 11 is 0. The Kier molecular flexibility index (Phi) is 18.8. The summed E-state index contributed by atoms with van der Waals surface area (Å²) in [5.74, 6) is -1.58. The smallest absolute Gasteiger partial charge is 0.463 e. The van der Waals surface area contributed by atoms with Gasteiger partial charge in [-0.1, -0.05) is 52.7 Å². The van der Waals surface area contributed by atoms with E-state index in [0.29, 0.717) is 51.4 Å². The number of benzene rings is 2. The Hall–Kier alpha value is -5.07. The number of ether oxygens (including phenoxy) is 4. The molecule has 0 aromatic heterocycles. The van der Waals surface area contributed by atoms with E-state index in [-0.39, 0.29) is 61.3 Å². The van der Waals surface area contributed by atoms with Crippen molar-refractivity contribution in [1.82, 2.24) is 0 Å². The summed E-state index contributed by atoms with van der Waals surface area (Å²) in [6, 6.07) is 15.5. The lowest BCUT2D eigenvalue weighted by molar-refractivity contribution is -0.147. The summed E-state index contributed by atoms with van der Waals surface area (Å²) in [4.78, 5) is 42.6. The number of azide groups is 2. The molecule has 1 fully saturated rings. The standard InChI is InChI=1S/C38H50N6O9/c1-26(2)51-36(47)13-9-4-3-8-12-32-33(35(46)22-34(32)45)21-20-30(17-14-27-10-6-5-7-11-27)52-38(49)53-31-18-15-29(16-19-31)37(48)50-25-28(23-41-43-39)24-42-44-40/h3,5-8,10-11,15-16,18-19,26,28,30,32-35,45-46H,4,9,12-14,17,20-25H2,1-2H3/b8-3-/t30-,32+,33+,34-,35+/m0/s1. The quantitative estimate of drug-likeness (QED) is 0.0175. The van der Waals surface area contributed by atoms with Gasteiger partial charge in [-0.15, -0.1) is 0 Å². The minimum absolute atomic E-state index is 0.00831. The molecule has 0 radical (unpaired) electrons. The van der Waals surface area contributed by atoms with E-state index in [0.717, 1.165) is 5.56 Å². The molecule has 1 saturated carbocycles. The number of carbonyl (C=O) groups excluding carboxylic acids is 3. The molecule has 0 unspecified atom stereocenters. The SMILES string of the molecule is CC(C)OC(=O)CCC/C=C\C[C@@H]1[C@@H](CC[C@H](CCc2ccccc2)OC(=O)Oc2ccc(C(=O)OCC(CN=[N+]=[N-])CN=[N+]=[N-])cc2)[C@H](O)C[C@@H]1O. The predicted molar refractivity (Wildman–Crippen MR) is 196 cm³/mol. The fraction of sp³-hybridized carbons (Fsp3) is 0.553. The van der Waals surface area contributed by atoms with E-state index in [4.69, 9.17) is 30.0 Å². The summed E-state index contributed by atoms with van der Waals surface area (Å²) < 4.78 is 21.7. The molecule has 0 heterocycles. The number of hydrogen-bond donors (Lipinski definition) is 2. The number of aliphatic hydroxyl groups excluding tert-OH is 2. The van der Waals surface area contributed by atoms with Crippen LogP contribution in [-0.2, 0) is 25.4 Å². The summed E-state index contributed by atoms with van der Waals surface area (Å²) in [7, 11) is 0. The maximum atomic E-state index is 13.0. The van der Waals surface area contributed by atoms with Gasteiger partial charge in [0.1, 0.15) is 11.9 Å². The lowest BCUT2D eigenvalue weighted by Crippen LogP contribution is -2.26. The van der Waals surface area contributed by atoms with Crippen molar-refractivity contribution >= 4 is 18.1 Å². The molecule has 0 saturated heterocycles. The highest BCUT2D eigenvalue weighted by atomic mass is 16.7. The molecule has 286 valence electrons. The van der Waals surface area contributed by atoms with E-state index in [2.05, 4.69) is 20.1 Å². The van der Waals surface area contributed by atoms with E-state index >= 15 is 0 Å². The van der Waals surface area contributed by atoms with Crippen LogP contribution in [0.1, 0.15) is 81.1 Å². The van der Waals surface area contributed by atoms with Gasteiger partial charge in [0.2, 0.25) is 0 Å². The Morgan fingerprint density at radius 2 is 1.58 bits per heavy atom. The van der Waals surface area contributed by atoms with Crippen molar-refractivity contribution < 1.29 is 43.5 Å². The Bertz CT molecular complexity index is 1540. The van der Waals surface area contributed by atoms with Crippen LogP contribution in [-0.4, -0.2) is 72.4 Å². The van der Waals surface area contributed by atoms with E-state index in [9.17, 15) is 24.6 Å². The van der Waals surface area contributed by atoms with Crippen molar-refractivity contribution in [1.29, 1.82) is 0 Å². The first-order valence-electron chi connectivity index (χ1n) is 18.0. The monoisotopic (exact) mass is 734 g/mol. The zero-order valence-electron chi connectivity index (χ0n) is 30.3. The average Bonchev–Trinajstić information content (AvgIpc) is 3.41. The van der Waals surface area contributed by atoms with Crippen molar-refractivity contribution in [3.63, 3.8) is 0 Å². The number of aryl methyl sites for hydroxylation is 1. The van der Waals surface area contributed by atoms with E-state index in [1.807, 2.05) is 56.3 Å². The number of allylic oxidation sites excluding steroid dienone is 2. The van der Waals surface area contributed by atoms with Gasteiger partial charge < -0.3 is 29.2 Å². The number of aliphatic hydroxyl groups is 2. The Morgan fingerprint density at radius 3 is 2.25 bits per heavy atom. The first-order valence-corrected chi connectivity index (χ1v) is 18.0. The number of carbonyl (C=O) groups is 3. The second kappa shape index (κ2) is 23.5. The average molecular weight is 735 g/mol. The zero-order chi connectivity index (χ0) is 38.4. The van der Waals surface area contributed by atoms with Crippen molar-refractivity contribution in [2.24, 2.45) is 28.0 Å². The number of unbranched alkanes of at least 4 members (excludes halogenated alkanes) is 1. The summed E-state index contributed by atoms with van der Waals surface area (Å²) in [6.45, 7) is 3.49. The molecule has 0 spiro atoms. The van der Waals surface area contributed by atoms with E-state index < -0.39 is 36.4 Å². The van der Waals surface area contributed by atoms with Gasteiger partial charge >= 0.3 is 18.1 Å². The fourth-order valence-corrected chi connectivity index (χ4v) is 6.24. The second-order valence-corrected chi connectivity index (χ2v) is 13.3. The highest BCUT2D eigenvalue weighted by Crippen LogP contribution is 2.39. The van der Waals surface area contributed by atoms with Crippen LogP contribution in [0.4, 0.5) is 4.79 Å². The number of esters is 2. The van der Waals surface area contributed by atoms with Crippen LogP contribution in [0.3, 0.4) is 0 Å². The van der Waals surface area contributed by atoms with Gasteiger partial charge in [0.25, 0.3) is 0 Å². The van der Waals surface area contributed by atoms with Crippen LogP contribution >= 0.6 is 0 Å². The van der Waals surface area contributed by atoms with Crippen LogP contribution in [0, 0.1) is 17.8 Å². The molecule has 0 aliphatic heterocycles.